The molecule has 2 heterocycles. The average molecular weight is 335 g/mol. The third-order valence-corrected chi connectivity index (χ3v) is 4.24. The van der Waals surface area contributed by atoms with Crippen LogP contribution in [0.2, 0.25) is 5.02 Å². The van der Waals surface area contributed by atoms with Gasteiger partial charge in [0, 0.05) is 11.6 Å². The van der Waals surface area contributed by atoms with Crippen LogP contribution in [0.4, 0.5) is 0 Å². The van der Waals surface area contributed by atoms with E-state index in [1.807, 2.05) is 24.3 Å². The fourth-order valence-corrected chi connectivity index (χ4v) is 3.10. The number of aromatic carboxylic acids is 1. The molecule has 1 aromatic heterocycles. The molecule has 1 aromatic carbocycles. The standard InChI is InChI=1S/C15H15ClN4O3/c16-11-5-2-1-4-10(11)13-6-3-7-20(13)14(21)9-19-8-12(15(22)23)17-18-19/h1-2,4-5,8,13H,3,6-7,9H2,(H,22,23). The van der Waals surface area contributed by atoms with Crippen molar-refractivity contribution in [3.8, 4) is 0 Å². The van der Waals surface area contributed by atoms with Gasteiger partial charge in [0.15, 0.2) is 5.69 Å². The highest BCUT2D eigenvalue weighted by atomic mass is 35.5. The topological polar surface area (TPSA) is 88.3 Å². The van der Waals surface area contributed by atoms with Crippen LogP contribution in [0.25, 0.3) is 0 Å². The second-order valence-electron chi connectivity index (χ2n) is 5.37. The fraction of sp³-hybridized carbons (Fsp3) is 0.333. The quantitative estimate of drug-likeness (QED) is 0.923. The first-order valence-electron chi connectivity index (χ1n) is 7.23. The van der Waals surface area contributed by atoms with Crippen LogP contribution in [0.3, 0.4) is 0 Å². The number of likely N-dealkylation sites (tertiary alicyclic amines) is 1. The lowest BCUT2D eigenvalue weighted by Gasteiger charge is -2.25. The molecule has 0 spiro atoms. The van der Waals surface area contributed by atoms with Gasteiger partial charge in [-0.05, 0) is 24.5 Å². The highest BCUT2D eigenvalue weighted by molar-refractivity contribution is 6.31. The maximum atomic E-state index is 12.5. The van der Waals surface area contributed by atoms with E-state index in [-0.39, 0.29) is 24.2 Å². The molecule has 0 radical (unpaired) electrons. The summed E-state index contributed by atoms with van der Waals surface area (Å²) in [4.78, 5) is 25.1. The highest BCUT2D eigenvalue weighted by Gasteiger charge is 2.31. The number of carbonyl (C=O) groups is 2. The molecule has 1 unspecified atom stereocenters. The third-order valence-electron chi connectivity index (χ3n) is 3.89. The Morgan fingerprint density at radius 2 is 2.13 bits per heavy atom. The molecule has 23 heavy (non-hydrogen) atoms. The largest absolute Gasteiger partial charge is 0.476 e. The summed E-state index contributed by atoms with van der Waals surface area (Å²) in [6, 6.07) is 7.44. The summed E-state index contributed by atoms with van der Waals surface area (Å²) in [5.41, 5.74) is 0.756. The maximum absolute atomic E-state index is 12.5. The van der Waals surface area contributed by atoms with E-state index in [0.717, 1.165) is 18.4 Å². The molecule has 8 heteroatoms. The van der Waals surface area contributed by atoms with Crippen LogP contribution in [-0.2, 0) is 11.3 Å². The van der Waals surface area contributed by atoms with Gasteiger partial charge in [-0.25, -0.2) is 9.48 Å². The molecule has 1 N–H and O–H groups in total. The van der Waals surface area contributed by atoms with E-state index in [4.69, 9.17) is 16.7 Å². The lowest BCUT2D eigenvalue weighted by atomic mass is 10.0. The van der Waals surface area contributed by atoms with Crippen LogP contribution in [-0.4, -0.2) is 43.4 Å². The minimum atomic E-state index is -1.17. The molecule has 7 nitrogen and oxygen atoms in total. The Labute approximate surface area is 137 Å². The Morgan fingerprint density at radius 3 is 2.83 bits per heavy atom. The smallest absolute Gasteiger partial charge is 0.358 e. The zero-order valence-corrected chi connectivity index (χ0v) is 13.0. The molecule has 1 amide bonds. The predicted octanol–water partition coefficient (Wildman–Crippen LogP) is 1.99. The molecule has 0 bridgehead atoms. The van der Waals surface area contributed by atoms with Gasteiger partial charge in [0.05, 0.1) is 12.2 Å². The molecule has 1 aliphatic heterocycles. The Kier molecular flexibility index (Phi) is 4.29. The number of nitrogens with zero attached hydrogens (tertiary/aromatic N) is 4. The van der Waals surface area contributed by atoms with E-state index in [0.29, 0.717) is 11.6 Å². The maximum Gasteiger partial charge on any atom is 0.358 e. The van der Waals surface area contributed by atoms with Gasteiger partial charge in [-0.1, -0.05) is 35.0 Å². The van der Waals surface area contributed by atoms with E-state index >= 15 is 0 Å². The van der Waals surface area contributed by atoms with E-state index in [2.05, 4.69) is 10.3 Å². The van der Waals surface area contributed by atoms with Crippen molar-refractivity contribution in [2.24, 2.45) is 0 Å². The van der Waals surface area contributed by atoms with Crippen LogP contribution in [0.5, 0.6) is 0 Å². The molecule has 2 aromatic rings. The number of carboxylic acids is 1. The molecule has 0 saturated carbocycles. The summed E-state index contributed by atoms with van der Waals surface area (Å²) in [6.07, 6.45) is 3.01. The van der Waals surface area contributed by atoms with E-state index in [1.54, 1.807) is 4.90 Å². The number of hydrogen-bond donors (Lipinski definition) is 1. The number of carbonyl (C=O) groups excluding carboxylic acids is 1. The normalized spacial score (nSPS) is 17.4. The van der Waals surface area contributed by atoms with E-state index in [9.17, 15) is 9.59 Å². The molecule has 1 aliphatic rings. The zero-order valence-electron chi connectivity index (χ0n) is 12.2. The first kappa shape index (κ1) is 15.5. The first-order valence-corrected chi connectivity index (χ1v) is 7.61. The third kappa shape index (κ3) is 3.19. The van der Waals surface area contributed by atoms with E-state index in [1.165, 1.54) is 10.9 Å². The lowest BCUT2D eigenvalue weighted by Crippen LogP contribution is -2.33. The molecule has 1 atom stereocenters. The van der Waals surface area contributed by atoms with Gasteiger partial charge in [0.25, 0.3) is 0 Å². The number of hydrogen-bond acceptors (Lipinski definition) is 4. The van der Waals surface area contributed by atoms with Crippen molar-refractivity contribution in [2.45, 2.75) is 25.4 Å². The highest BCUT2D eigenvalue weighted by Crippen LogP contribution is 2.35. The van der Waals surface area contributed by atoms with Gasteiger partial charge in [-0.3, -0.25) is 4.79 Å². The van der Waals surface area contributed by atoms with Crippen LogP contribution in [0.1, 0.15) is 34.9 Å². The van der Waals surface area contributed by atoms with Gasteiger partial charge in [-0.15, -0.1) is 5.10 Å². The molecule has 1 fully saturated rings. The Bertz CT molecular complexity index is 746. The van der Waals surface area contributed by atoms with Crippen molar-refractivity contribution in [1.82, 2.24) is 19.9 Å². The SMILES string of the molecule is O=C(O)c1cn(CC(=O)N2CCCC2c2ccccc2Cl)nn1. The summed E-state index contributed by atoms with van der Waals surface area (Å²) < 4.78 is 1.24. The molecule has 120 valence electrons. The Hall–Kier alpha value is -2.41. The fourth-order valence-electron chi connectivity index (χ4n) is 2.84. The first-order chi connectivity index (χ1) is 11.1. The zero-order chi connectivity index (χ0) is 16.4. The molecular weight excluding hydrogens is 320 g/mol. The minimum absolute atomic E-state index is 0.0404. The molecule has 3 rings (SSSR count). The Morgan fingerprint density at radius 1 is 1.35 bits per heavy atom. The molecular formula is C15H15ClN4O3. The van der Waals surface area contributed by atoms with Gasteiger partial charge in [-0.2, -0.15) is 0 Å². The summed E-state index contributed by atoms with van der Waals surface area (Å²) >= 11 is 6.24. The summed E-state index contributed by atoms with van der Waals surface area (Å²) in [5, 5.41) is 16.7. The summed E-state index contributed by atoms with van der Waals surface area (Å²) in [5.74, 6) is -1.30. The number of halogens is 1. The van der Waals surface area contributed by atoms with Gasteiger partial charge >= 0.3 is 5.97 Å². The van der Waals surface area contributed by atoms with Crippen molar-refractivity contribution in [3.05, 3.63) is 46.7 Å². The summed E-state index contributed by atoms with van der Waals surface area (Å²) in [7, 11) is 0. The van der Waals surface area contributed by atoms with E-state index < -0.39 is 5.97 Å². The Balaban J connectivity index is 1.75. The number of benzene rings is 1. The van der Waals surface area contributed by atoms with Gasteiger partial charge < -0.3 is 10.0 Å². The van der Waals surface area contributed by atoms with Crippen LogP contribution in [0, 0.1) is 0 Å². The number of carboxylic acid groups (broad SMARTS) is 1. The number of amides is 1. The average Bonchev–Trinajstić information content (AvgIpc) is 3.16. The van der Waals surface area contributed by atoms with Crippen LogP contribution < -0.4 is 0 Å². The monoisotopic (exact) mass is 334 g/mol. The number of rotatable bonds is 4. The van der Waals surface area contributed by atoms with Crippen LogP contribution >= 0.6 is 11.6 Å². The predicted molar refractivity (Wildman–Crippen MR) is 82.1 cm³/mol. The van der Waals surface area contributed by atoms with Crippen molar-refractivity contribution >= 4 is 23.5 Å². The van der Waals surface area contributed by atoms with Crippen molar-refractivity contribution in [3.63, 3.8) is 0 Å². The van der Waals surface area contributed by atoms with Gasteiger partial charge in [0.2, 0.25) is 5.91 Å². The van der Waals surface area contributed by atoms with Gasteiger partial charge in [0.1, 0.15) is 6.54 Å². The minimum Gasteiger partial charge on any atom is -0.476 e. The van der Waals surface area contributed by atoms with Crippen molar-refractivity contribution < 1.29 is 14.7 Å². The number of aromatic nitrogens is 3. The van der Waals surface area contributed by atoms with Crippen LogP contribution in [0.15, 0.2) is 30.5 Å². The lowest BCUT2D eigenvalue weighted by molar-refractivity contribution is -0.133. The van der Waals surface area contributed by atoms with Crippen molar-refractivity contribution in [2.75, 3.05) is 6.54 Å². The second-order valence-corrected chi connectivity index (χ2v) is 5.78. The molecule has 0 aliphatic carbocycles. The molecule has 1 saturated heterocycles. The van der Waals surface area contributed by atoms with Crippen molar-refractivity contribution in [1.29, 1.82) is 0 Å². The second kappa shape index (κ2) is 6.37. The summed E-state index contributed by atoms with van der Waals surface area (Å²) in [6.45, 7) is 0.608.